The summed E-state index contributed by atoms with van der Waals surface area (Å²) in [6, 6.07) is 2.22. The fraction of sp³-hybridized carbons (Fsp3) is 0.455. The topological polar surface area (TPSA) is 57.6 Å². The Balaban J connectivity index is 2.31. The van der Waals surface area contributed by atoms with Crippen LogP contribution in [0.5, 0.6) is 0 Å². The Labute approximate surface area is 104 Å². The van der Waals surface area contributed by atoms with E-state index >= 15 is 0 Å². The minimum Gasteiger partial charge on any atom is -0.396 e. The Hall–Kier alpha value is -1.05. The summed E-state index contributed by atoms with van der Waals surface area (Å²) in [6.07, 6.45) is 0.549. The molecule has 0 spiro atoms. The van der Waals surface area contributed by atoms with Gasteiger partial charge >= 0.3 is 0 Å². The Morgan fingerprint density at radius 1 is 1.28 bits per heavy atom. The third kappa shape index (κ3) is 2.52. The van der Waals surface area contributed by atoms with Gasteiger partial charge in [-0.15, -0.1) is 0 Å². The third-order valence-corrected chi connectivity index (χ3v) is 4.82. The molecule has 1 N–H and O–H groups in total. The van der Waals surface area contributed by atoms with E-state index in [4.69, 9.17) is 5.11 Å². The van der Waals surface area contributed by atoms with Crippen molar-refractivity contribution in [2.45, 2.75) is 11.3 Å². The zero-order valence-corrected chi connectivity index (χ0v) is 10.3. The van der Waals surface area contributed by atoms with Gasteiger partial charge in [0.2, 0.25) is 10.0 Å². The summed E-state index contributed by atoms with van der Waals surface area (Å²) < 4.78 is 51.4. The summed E-state index contributed by atoms with van der Waals surface area (Å²) in [7, 11) is -3.88. The maximum Gasteiger partial charge on any atom is 0.243 e. The summed E-state index contributed by atoms with van der Waals surface area (Å²) in [6.45, 7) is 0.339. The third-order valence-electron chi connectivity index (χ3n) is 2.98. The molecule has 7 heteroatoms. The van der Waals surface area contributed by atoms with Crippen molar-refractivity contribution < 1.29 is 22.3 Å². The molecule has 0 aromatic heterocycles. The number of aliphatic hydroxyl groups is 1. The first-order valence-electron chi connectivity index (χ1n) is 5.50. The summed E-state index contributed by atoms with van der Waals surface area (Å²) in [5.41, 5.74) is 0. The van der Waals surface area contributed by atoms with Crippen molar-refractivity contribution in [3.8, 4) is 0 Å². The molecule has 0 aliphatic carbocycles. The molecule has 1 unspecified atom stereocenters. The van der Waals surface area contributed by atoms with Gasteiger partial charge in [0.25, 0.3) is 0 Å². The van der Waals surface area contributed by atoms with Crippen LogP contribution in [0.15, 0.2) is 23.1 Å². The molecular formula is C11H13F2NO3S. The van der Waals surface area contributed by atoms with Gasteiger partial charge < -0.3 is 5.11 Å². The van der Waals surface area contributed by atoms with E-state index in [0.717, 1.165) is 16.4 Å². The molecule has 1 aromatic carbocycles. The Kier molecular flexibility index (Phi) is 3.65. The smallest absolute Gasteiger partial charge is 0.243 e. The van der Waals surface area contributed by atoms with Crippen LogP contribution in [0, 0.1) is 17.6 Å². The summed E-state index contributed by atoms with van der Waals surface area (Å²) >= 11 is 0. The molecular weight excluding hydrogens is 264 g/mol. The molecule has 1 aromatic rings. The van der Waals surface area contributed by atoms with E-state index in [0.29, 0.717) is 12.5 Å². The van der Waals surface area contributed by atoms with Gasteiger partial charge in [-0.3, -0.25) is 0 Å². The van der Waals surface area contributed by atoms with E-state index in [1.807, 2.05) is 0 Å². The van der Waals surface area contributed by atoms with Crippen molar-refractivity contribution in [2.75, 3.05) is 19.7 Å². The molecule has 1 heterocycles. The number of halogens is 2. The SMILES string of the molecule is O=S(=O)(c1cc(F)cc(F)c1)N1CCC(CO)C1. The van der Waals surface area contributed by atoms with Crippen LogP contribution in [0.1, 0.15) is 6.42 Å². The van der Waals surface area contributed by atoms with Crippen LogP contribution >= 0.6 is 0 Å². The predicted octanol–water partition coefficient (Wildman–Crippen LogP) is 0.968. The van der Waals surface area contributed by atoms with Gasteiger partial charge in [-0.2, -0.15) is 4.31 Å². The van der Waals surface area contributed by atoms with E-state index in [2.05, 4.69) is 0 Å². The quantitative estimate of drug-likeness (QED) is 0.895. The summed E-state index contributed by atoms with van der Waals surface area (Å²) in [5, 5.41) is 8.97. The van der Waals surface area contributed by atoms with Crippen molar-refractivity contribution >= 4 is 10.0 Å². The number of nitrogens with zero attached hydrogens (tertiary/aromatic N) is 1. The van der Waals surface area contributed by atoms with E-state index in [1.165, 1.54) is 0 Å². The van der Waals surface area contributed by atoms with Gasteiger partial charge in [0.05, 0.1) is 4.90 Å². The van der Waals surface area contributed by atoms with Crippen molar-refractivity contribution in [3.63, 3.8) is 0 Å². The zero-order chi connectivity index (χ0) is 13.3. The molecule has 100 valence electrons. The molecule has 2 rings (SSSR count). The maximum atomic E-state index is 13.0. The number of rotatable bonds is 3. The lowest BCUT2D eigenvalue weighted by atomic mass is 10.1. The normalized spacial score (nSPS) is 21.4. The molecule has 4 nitrogen and oxygen atoms in total. The largest absolute Gasteiger partial charge is 0.396 e. The Morgan fingerprint density at radius 2 is 1.89 bits per heavy atom. The van der Waals surface area contributed by atoms with Crippen LogP contribution in [0.25, 0.3) is 0 Å². The second-order valence-electron chi connectivity index (χ2n) is 4.31. The van der Waals surface area contributed by atoms with Gasteiger partial charge in [-0.05, 0) is 24.5 Å². The van der Waals surface area contributed by atoms with Crippen molar-refractivity contribution in [2.24, 2.45) is 5.92 Å². The second kappa shape index (κ2) is 4.91. The van der Waals surface area contributed by atoms with Crippen LogP contribution in [0.3, 0.4) is 0 Å². The predicted molar refractivity (Wildman–Crippen MR) is 60.3 cm³/mol. The minimum atomic E-state index is -3.88. The van der Waals surface area contributed by atoms with Crippen molar-refractivity contribution in [1.82, 2.24) is 4.31 Å². The van der Waals surface area contributed by atoms with E-state index < -0.39 is 26.6 Å². The average molecular weight is 277 g/mol. The molecule has 0 bridgehead atoms. The highest BCUT2D eigenvalue weighted by Crippen LogP contribution is 2.25. The van der Waals surface area contributed by atoms with E-state index in [9.17, 15) is 17.2 Å². The van der Waals surface area contributed by atoms with Crippen LogP contribution < -0.4 is 0 Å². The van der Waals surface area contributed by atoms with Crippen LogP contribution in [0.4, 0.5) is 8.78 Å². The number of hydrogen-bond donors (Lipinski definition) is 1. The molecule has 0 radical (unpaired) electrons. The van der Waals surface area contributed by atoms with E-state index in [1.54, 1.807) is 0 Å². The van der Waals surface area contributed by atoms with Crippen LogP contribution in [-0.4, -0.2) is 37.5 Å². The molecule has 1 aliphatic rings. The Morgan fingerprint density at radius 3 is 2.39 bits per heavy atom. The summed E-state index contributed by atoms with van der Waals surface area (Å²) in [5.74, 6) is -1.96. The highest BCUT2D eigenvalue weighted by Gasteiger charge is 2.32. The molecule has 0 amide bonds. The second-order valence-corrected chi connectivity index (χ2v) is 6.24. The highest BCUT2D eigenvalue weighted by atomic mass is 32.2. The highest BCUT2D eigenvalue weighted by molar-refractivity contribution is 7.89. The van der Waals surface area contributed by atoms with Crippen molar-refractivity contribution in [3.05, 3.63) is 29.8 Å². The molecule has 1 fully saturated rings. The van der Waals surface area contributed by atoms with Crippen LogP contribution in [-0.2, 0) is 10.0 Å². The maximum absolute atomic E-state index is 13.0. The first-order chi connectivity index (χ1) is 8.43. The monoisotopic (exact) mass is 277 g/mol. The number of hydrogen-bond acceptors (Lipinski definition) is 3. The first-order valence-corrected chi connectivity index (χ1v) is 6.94. The van der Waals surface area contributed by atoms with Gasteiger partial charge in [-0.1, -0.05) is 0 Å². The van der Waals surface area contributed by atoms with Gasteiger partial charge in [0.1, 0.15) is 11.6 Å². The minimum absolute atomic E-state index is 0.0937. The van der Waals surface area contributed by atoms with Gasteiger partial charge in [0.15, 0.2) is 0 Å². The molecule has 1 aliphatic heterocycles. The fourth-order valence-electron chi connectivity index (χ4n) is 1.99. The number of aliphatic hydroxyl groups excluding tert-OH is 1. The fourth-order valence-corrected chi connectivity index (χ4v) is 3.56. The molecule has 18 heavy (non-hydrogen) atoms. The molecule has 1 atom stereocenters. The molecule has 1 saturated heterocycles. The van der Waals surface area contributed by atoms with Gasteiger partial charge in [0, 0.05) is 25.8 Å². The van der Waals surface area contributed by atoms with Crippen LogP contribution in [0.2, 0.25) is 0 Å². The number of sulfonamides is 1. The van der Waals surface area contributed by atoms with E-state index in [-0.39, 0.29) is 25.6 Å². The Bertz CT molecular complexity index is 527. The lowest BCUT2D eigenvalue weighted by molar-refractivity contribution is 0.233. The molecule has 0 saturated carbocycles. The standard InChI is InChI=1S/C11H13F2NO3S/c12-9-3-10(13)5-11(4-9)18(16,17)14-2-1-8(6-14)7-15/h3-5,8,15H,1-2,6-7H2. The lowest BCUT2D eigenvalue weighted by Crippen LogP contribution is -2.29. The first kappa shape index (κ1) is 13.4. The zero-order valence-electron chi connectivity index (χ0n) is 9.51. The van der Waals surface area contributed by atoms with Crippen molar-refractivity contribution in [1.29, 1.82) is 0 Å². The average Bonchev–Trinajstić information content (AvgIpc) is 2.76. The lowest BCUT2D eigenvalue weighted by Gasteiger charge is -2.16. The number of benzene rings is 1. The summed E-state index contributed by atoms with van der Waals surface area (Å²) in [4.78, 5) is -0.390. The van der Waals surface area contributed by atoms with Gasteiger partial charge in [-0.25, -0.2) is 17.2 Å².